The fourth-order valence-corrected chi connectivity index (χ4v) is 3.97. The molecule has 0 aliphatic carbocycles. The van der Waals surface area contributed by atoms with E-state index in [0.717, 1.165) is 40.0 Å². The Bertz CT molecular complexity index is 928. The third-order valence-corrected chi connectivity index (χ3v) is 5.37. The van der Waals surface area contributed by atoms with Gasteiger partial charge in [0.15, 0.2) is 0 Å². The number of carboxylic acids is 1. The molecule has 118 valence electrons. The number of carbonyl (C=O) groups is 1. The van der Waals surface area contributed by atoms with E-state index < -0.39 is 5.97 Å². The van der Waals surface area contributed by atoms with Gasteiger partial charge in [0.05, 0.1) is 5.69 Å². The smallest absolute Gasteiger partial charge is 0.348 e. The second kappa shape index (κ2) is 5.66. The molecule has 0 radical (unpaired) electrons. The molecule has 0 fully saturated rings. The number of fused-ring (bicyclic) bond motifs is 1. The minimum atomic E-state index is -0.997. The van der Waals surface area contributed by atoms with Crippen molar-refractivity contribution in [3.05, 3.63) is 57.1 Å². The summed E-state index contributed by atoms with van der Waals surface area (Å²) in [6, 6.07) is 8.25. The monoisotopic (exact) mass is 326 g/mol. The molecule has 0 spiro atoms. The van der Waals surface area contributed by atoms with Crippen molar-refractivity contribution in [2.75, 3.05) is 5.73 Å². The van der Waals surface area contributed by atoms with Crippen molar-refractivity contribution in [3.63, 3.8) is 0 Å². The zero-order valence-corrected chi connectivity index (χ0v) is 14.1. The van der Waals surface area contributed by atoms with Gasteiger partial charge in [0.2, 0.25) is 0 Å². The first kappa shape index (κ1) is 15.5. The van der Waals surface area contributed by atoms with Gasteiger partial charge in [-0.2, -0.15) is 0 Å². The van der Waals surface area contributed by atoms with Crippen molar-refractivity contribution >= 4 is 33.2 Å². The van der Waals surface area contributed by atoms with Gasteiger partial charge >= 0.3 is 5.97 Å². The molecule has 2 heterocycles. The van der Waals surface area contributed by atoms with Crippen LogP contribution in [0, 0.1) is 20.8 Å². The quantitative estimate of drug-likeness (QED) is 0.760. The van der Waals surface area contributed by atoms with Crippen LogP contribution in [-0.4, -0.2) is 16.1 Å². The number of nitrogens with zero attached hydrogens (tertiary/aromatic N) is 1. The molecule has 2 aromatic heterocycles. The SMILES string of the molecule is Cc1ccccc1Cc1c(C)nc2sc(C(=O)O)c(N)c2c1C. The lowest BCUT2D eigenvalue weighted by atomic mass is 9.95. The van der Waals surface area contributed by atoms with Gasteiger partial charge in [0.1, 0.15) is 9.71 Å². The van der Waals surface area contributed by atoms with E-state index in [1.165, 1.54) is 11.1 Å². The van der Waals surface area contributed by atoms with Crippen LogP contribution < -0.4 is 5.73 Å². The molecule has 23 heavy (non-hydrogen) atoms. The summed E-state index contributed by atoms with van der Waals surface area (Å²) < 4.78 is 0. The Morgan fingerprint density at radius 1 is 1.26 bits per heavy atom. The number of benzene rings is 1. The number of hydrogen-bond donors (Lipinski definition) is 2. The van der Waals surface area contributed by atoms with E-state index in [0.29, 0.717) is 10.5 Å². The lowest BCUT2D eigenvalue weighted by molar-refractivity contribution is 0.0703. The molecule has 0 aliphatic heterocycles. The molecule has 0 bridgehead atoms. The second-order valence-electron chi connectivity index (χ2n) is 5.73. The average Bonchev–Trinajstić information content (AvgIpc) is 2.82. The normalized spacial score (nSPS) is 11.1. The maximum atomic E-state index is 11.3. The predicted octanol–water partition coefficient (Wildman–Crippen LogP) is 4.09. The topological polar surface area (TPSA) is 76.2 Å². The van der Waals surface area contributed by atoms with Crippen LogP contribution in [0.1, 0.15) is 37.6 Å². The zero-order valence-electron chi connectivity index (χ0n) is 13.3. The van der Waals surface area contributed by atoms with E-state index in [1.807, 2.05) is 26.0 Å². The van der Waals surface area contributed by atoms with E-state index in [4.69, 9.17) is 5.73 Å². The molecule has 5 heteroatoms. The highest BCUT2D eigenvalue weighted by atomic mass is 32.1. The van der Waals surface area contributed by atoms with Crippen LogP contribution in [0.4, 0.5) is 5.69 Å². The largest absolute Gasteiger partial charge is 0.477 e. The number of aryl methyl sites for hydroxylation is 3. The van der Waals surface area contributed by atoms with Gasteiger partial charge in [-0.3, -0.25) is 0 Å². The van der Waals surface area contributed by atoms with Gasteiger partial charge in [-0.05, 0) is 49.4 Å². The highest BCUT2D eigenvalue weighted by molar-refractivity contribution is 7.21. The van der Waals surface area contributed by atoms with Crippen LogP contribution in [0.25, 0.3) is 10.2 Å². The van der Waals surface area contributed by atoms with E-state index in [1.54, 1.807) is 0 Å². The van der Waals surface area contributed by atoms with Crippen LogP contribution in [-0.2, 0) is 6.42 Å². The molecule has 0 saturated heterocycles. The Hall–Kier alpha value is -2.40. The summed E-state index contributed by atoms with van der Waals surface area (Å²) >= 11 is 1.14. The number of thiophene rings is 1. The molecule has 1 aromatic carbocycles. The summed E-state index contributed by atoms with van der Waals surface area (Å²) in [4.78, 5) is 16.8. The van der Waals surface area contributed by atoms with Gasteiger partial charge < -0.3 is 10.8 Å². The van der Waals surface area contributed by atoms with Crippen LogP contribution >= 0.6 is 11.3 Å². The molecule has 3 aromatic rings. The van der Waals surface area contributed by atoms with Crippen molar-refractivity contribution < 1.29 is 9.90 Å². The molecule has 0 aliphatic rings. The van der Waals surface area contributed by atoms with Crippen LogP contribution in [0.15, 0.2) is 24.3 Å². The maximum Gasteiger partial charge on any atom is 0.348 e. The van der Waals surface area contributed by atoms with Crippen LogP contribution in [0.3, 0.4) is 0 Å². The number of nitrogens with two attached hydrogens (primary N) is 1. The van der Waals surface area contributed by atoms with Crippen molar-refractivity contribution in [1.29, 1.82) is 0 Å². The zero-order chi connectivity index (χ0) is 16.7. The highest BCUT2D eigenvalue weighted by Crippen LogP contribution is 2.37. The standard InChI is InChI=1S/C18H18N2O2S/c1-9-6-4-5-7-12(9)8-13-10(2)14-15(19)16(18(21)22)23-17(14)20-11(13)3/h4-7H,8,19H2,1-3H3,(H,21,22). The van der Waals surface area contributed by atoms with Gasteiger partial charge in [-0.25, -0.2) is 9.78 Å². The molecule has 0 amide bonds. The third kappa shape index (κ3) is 2.57. The fraction of sp³-hybridized carbons (Fsp3) is 0.222. The van der Waals surface area contributed by atoms with Crippen molar-refractivity contribution in [3.8, 4) is 0 Å². The molecule has 0 unspecified atom stereocenters. The molecule has 3 N–H and O–H groups in total. The number of carboxylic acid groups (broad SMARTS) is 1. The minimum absolute atomic E-state index is 0.169. The third-order valence-electron chi connectivity index (χ3n) is 4.28. The molecular weight excluding hydrogens is 308 g/mol. The molecule has 0 atom stereocenters. The van der Waals surface area contributed by atoms with Crippen molar-refractivity contribution in [2.24, 2.45) is 0 Å². The summed E-state index contributed by atoms with van der Waals surface area (Å²) in [5.41, 5.74) is 11.9. The first-order valence-corrected chi connectivity index (χ1v) is 8.17. The number of nitrogen functional groups attached to an aromatic ring is 1. The predicted molar refractivity (Wildman–Crippen MR) is 94.5 cm³/mol. The number of pyridine rings is 1. The Balaban J connectivity index is 2.20. The summed E-state index contributed by atoms with van der Waals surface area (Å²) in [5.74, 6) is -0.997. The molecule has 0 saturated carbocycles. The number of hydrogen-bond acceptors (Lipinski definition) is 4. The number of aromatic carboxylic acids is 1. The van der Waals surface area contributed by atoms with Crippen molar-refractivity contribution in [1.82, 2.24) is 4.98 Å². The first-order valence-electron chi connectivity index (χ1n) is 7.36. The second-order valence-corrected chi connectivity index (χ2v) is 6.73. The summed E-state index contributed by atoms with van der Waals surface area (Å²) in [6.07, 6.45) is 0.769. The van der Waals surface area contributed by atoms with Gasteiger partial charge in [0.25, 0.3) is 0 Å². The molecule has 4 nitrogen and oxygen atoms in total. The van der Waals surface area contributed by atoms with Gasteiger partial charge in [-0.1, -0.05) is 24.3 Å². The first-order chi connectivity index (χ1) is 10.9. The summed E-state index contributed by atoms with van der Waals surface area (Å²) in [7, 11) is 0. The van der Waals surface area contributed by atoms with Crippen molar-refractivity contribution in [2.45, 2.75) is 27.2 Å². The number of aromatic nitrogens is 1. The van der Waals surface area contributed by atoms with E-state index in [2.05, 4.69) is 24.0 Å². The Morgan fingerprint density at radius 2 is 1.96 bits per heavy atom. The highest BCUT2D eigenvalue weighted by Gasteiger charge is 2.20. The Labute approximate surface area is 138 Å². The van der Waals surface area contributed by atoms with Gasteiger partial charge in [0, 0.05) is 11.1 Å². The molecular formula is C18H18N2O2S. The average molecular weight is 326 g/mol. The lowest BCUT2D eigenvalue weighted by Gasteiger charge is -2.12. The number of anilines is 1. The van der Waals surface area contributed by atoms with Crippen LogP contribution in [0.2, 0.25) is 0 Å². The minimum Gasteiger partial charge on any atom is -0.477 e. The lowest BCUT2D eigenvalue weighted by Crippen LogP contribution is -2.02. The van der Waals surface area contributed by atoms with Crippen LogP contribution in [0.5, 0.6) is 0 Å². The van der Waals surface area contributed by atoms with Gasteiger partial charge in [-0.15, -0.1) is 11.3 Å². The summed E-state index contributed by atoms with van der Waals surface area (Å²) in [5, 5.41) is 10.0. The van der Waals surface area contributed by atoms with E-state index in [9.17, 15) is 9.90 Å². The summed E-state index contributed by atoms with van der Waals surface area (Å²) in [6.45, 7) is 6.06. The number of rotatable bonds is 3. The Morgan fingerprint density at radius 3 is 2.61 bits per heavy atom. The van der Waals surface area contributed by atoms with E-state index in [-0.39, 0.29) is 4.88 Å². The fourth-order valence-electron chi connectivity index (χ4n) is 2.93. The molecule has 3 rings (SSSR count). The van der Waals surface area contributed by atoms with E-state index >= 15 is 0 Å². The maximum absolute atomic E-state index is 11.3. The Kier molecular flexibility index (Phi) is 3.82.